The summed E-state index contributed by atoms with van der Waals surface area (Å²) in [6.45, 7) is 0. The molecule has 106 valence electrons. The zero-order valence-corrected chi connectivity index (χ0v) is 11.4. The van der Waals surface area contributed by atoms with Crippen molar-refractivity contribution in [2.45, 2.75) is 36.3 Å². The van der Waals surface area contributed by atoms with E-state index in [0.29, 0.717) is 12.8 Å². The third-order valence-corrected chi connectivity index (χ3v) is 4.92. The fourth-order valence-corrected chi connectivity index (χ4v) is 3.82. The molecule has 0 aromatic heterocycles. The first-order chi connectivity index (χ1) is 8.94. The van der Waals surface area contributed by atoms with E-state index in [4.69, 9.17) is 10.5 Å². The summed E-state index contributed by atoms with van der Waals surface area (Å²) >= 11 is 0. The summed E-state index contributed by atoms with van der Waals surface area (Å²) in [6.07, 6.45) is 2.10. The predicted octanol–water partition coefficient (Wildman–Crippen LogP) is 1.25. The van der Waals surface area contributed by atoms with Gasteiger partial charge in [0.2, 0.25) is 10.0 Å². The molecule has 0 aliphatic heterocycles. The van der Waals surface area contributed by atoms with Gasteiger partial charge < -0.3 is 10.5 Å². The van der Waals surface area contributed by atoms with Gasteiger partial charge in [-0.05, 0) is 31.4 Å². The Morgan fingerprint density at radius 2 is 2.16 bits per heavy atom. The summed E-state index contributed by atoms with van der Waals surface area (Å²) in [5.74, 6) is -0.839. The normalized spacial score (nSPS) is 23.7. The van der Waals surface area contributed by atoms with E-state index in [1.54, 1.807) is 7.11 Å². The van der Waals surface area contributed by atoms with Crippen LogP contribution in [0.1, 0.15) is 19.3 Å². The van der Waals surface area contributed by atoms with Crippen molar-refractivity contribution in [3.8, 4) is 0 Å². The number of nitrogen functional groups attached to an aromatic ring is 1. The van der Waals surface area contributed by atoms with Gasteiger partial charge in [0.25, 0.3) is 0 Å². The summed E-state index contributed by atoms with van der Waals surface area (Å²) in [5, 5.41) is 0. The molecule has 1 aromatic rings. The van der Waals surface area contributed by atoms with Crippen molar-refractivity contribution in [2.75, 3.05) is 12.8 Å². The molecule has 1 aliphatic carbocycles. The van der Waals surface area contributed by atoms with Crippen LogP contribution in [-0.2, 0) is 14.8 Å². The largest absolute Gasteiger partial charge is 0.398 e. The quantitative estimate of drug-likeness (QED) is 0.817. The van der Waals surface area contributed by atoms with Gasteiger partial charge >= 0.3 is 0 Å². The summed E-state index contributed by atoms with van der Waals surface area (Å²) in [4.78, 5) is -0.476. The number of anilines is 1. The molecular formula is C12H17FN2O3S. The first kappa shape index (κ1) is 14.2. The molecule has 0 radical (unpaired) electrons. The zero-order valence-electron chi connectivity index (χ0n) is 10.6. The molecule has 3 N–H and O–H groups in total. The first-order valence-corrected chi connectivity index (χ1v) is 7.51. The molecule has 0 spiro atoms. The lowest BCUT2D eigenvalue weighted by molar-refractivity contribution is 0.107. The van der Waals surface area contributed by atoms with Crippen LogP contribution >= 0.6 is 0 Å². The van der Waals surface area contributed by atoms with E-state index in [-0.39, 0.29) is 17.8 Å². The van der Waals surface area contributed by atoms with Gasteiger partial charge in [-0.2, -0.15) is 0 Å². The Morgan fingerprint density at radius 3 is 2.74 bits per heavy atom. The Balaban J connectivity index is 2.20. The number of rotatable bonds is 4. The van der Waals surface area contributed by atoms with Crippen molar-refractivity contribution in [1.82, 2.24) is 4.72 Å². The van der Waals surface area contributed by atoms with Gasteiger partial charge in [-0.25, -0.2) is 17.5 Å². The van der Waals surface area contributed by atoms with Crippen molar-refractivity contribution in [2.24, 2.45) is 0 Å². The second kappa shape index (κ2) is 5.44. The third kappa shape index (κ3) is 3.05. The maximum absolute atomic E-state index is 13.6. The number of halogens is 1. The van der Waals surface area contributed by atoms with Gasteiger partial charge in [0.15, 0.2) is 0 Å². The van der Waals surface area contributed by atoms with Crippen molar-refractivity contribution >= 4 is 15.7 Å². The van der Waals surface area contributed by atoms with Crippen LogP contribution in [-0.4, -0.2) is 27.7 Å². The lowest BCUT2D eigenvalue weighted by Gasteiger charge is -2.15. The minimum Gasteiger partial charge on any atom is -0.398 e. The van der Waals surface area contributed by atoms with Crippen LogP contribution in [0.15, 0.2) is 23.1 Å². The van der Waals surface area contributed by atoms with Crippen LogP contribution in [0.25, 0.3) is 0 Å². The number of nitrogens with two attached hydrogens (primary N) is 1. The number of hydrogen-bond acceptors (Lipinski definition) is 4. The average Bonchev–Trinajstić information content (AvgIpc) is 2.75. The highest BCUT2D eigenvalue weighted by molar-refractivity contribution is 7.89. The summed E-state index contributed by atoms with van der Waals surface area (Å²) in [6, 6.07) is 3.58. The average molecular weight is 288 g/mol. The van der Waals surface area contributed by atoms with E-state index < -0.39 is 20.7 Å². The van der Waals surface area contributed by atoms with Crippen molar-refractivity contribution < 1.29 is 17.5 Å². The Kier molecular flexibility index (Phi) is 4.07. The molecule has 2 unspecified atom stereocenters. The maximum atomic E-state index is 13.6. The molecule has 1 aromatic carbocycles. The Hall–Kier alpha value is -1.18. The van der Waals surface area contributed by atoms with Crippen molar-refractivity contribution in [3.63, 3.8) is 0 Å². The standard InChI is InChI=1S/C12H17FN2O3S/c1-18-9-6-5-8(7-9)15-19(16,17)12-10(13)3-2-4-11(12)14/h2-4,8-9,15H,5-7,14H2,1H3. The van der Waals surface area contributed by atoms with Gasteiger partial charge in [0, 0.05) is 13.2 Å². The molecule has 2 atom stereocenters. The minimum absolute atomic E-state index is 0.0469. The second-order valence-corrected chi connectivity index (χ2v) is 6.30. The molecule has 0 amide bonds. The zero-order chi connectivity index (χ0) is 14.0. The fourth-order valence-electron chi connectivity index (χ4n) is 2.35. The molecule has 2 rings (SSSR count). The van der Waals surface area contributed by atoms with Gasteiger partial charge in [-0.1, -0.05) is 6.07 Å². The lowest BCUT2D eigenvalue weighted by atomic mass is 10.3. The molecule has 1 fully saturated rings. The SMILES string of the molecule is COC1CCC(NS(=O)(=O)c2c(N)cccc2F)C1. The fraction of sp³-hybridized carbons (Fsp3) is 0.500. The van der Waals surface area contributed by atoms with Crippen molar-refractivity contribution in [3.05, 3.63) is 24.0 Å². The molecule has 1 saturated carbocycles. The number of ether oxygens (including phenoxy) is 1. The summed E-state index contributed by atoms with van der Waals surface area (Å²) < 4.78 is 45.6. The van der Waals surface area contributed by atoms with E-state index in [1.807, 2.05) is 0 Å². The van der Waals surface area contributed by atoms with Crippen LogP contribution in [0.5, 0.6) is 0 Å². The molecule has 19 heavy (non-hydrogen) atoms. The van der Waals surface area contributed by atoms with Crippen LogP contribution in [0, 0.1) is 5.82 Å². The lowest BCUT2D eigenvalue weighted by Crippen LogP contribution is -2.34. The van der Waals surface area contributed by atoms with Gasteiger partial charge in [-0.15, -0.1) is 0 Å². The Morgan fingerprint density at radius 1 is 1.42 bits per heavy atom. The van der Waals surface area contributed by atoms with Crippen LogP contribution in [0.2, 0.25) is 0 Å². The molecule has 5 nitrogen and oxygen atoms in total. The van der Waals surface area contributed by atoms with Gasteiger partial charge in [0.05, 0.1) is 11.8 Å². The minimum atomic E-state index is -3.94. The number of nitrogens with one attached hydrogen (secondary N) is 1. The molecule has 0 heterocycles. The molecule has 1 aliphatic rings. The maximum Gasteiger partial charge on any atom is 0.245 e. The number of methoxy groups -OCH3 is 1. The van der Waals surface area contributed by atoms with E-state index in [0.717, 1.165) is 12.5 Å². The molecule has 7 heteroatoms. The predicted molar refractivity (Wildman–Crippen MR) is 69.6 cm³/mol. The van der Waals surface area contributed by atoms with E-state index in [2.05, 4.69) is 4.72 Å². The monoisotopic (exact) mass is 288 g/mol. The van der Waals surface area contributed by atoms with Crippen LogP contribution in [0.4, 0.5) is 10.1 Å². The molecular weight excluding hydrogens is 271 g/mol. The topological polar surface area (TPSA) is 81.4 Å². The van der Waals surface area contributed by atoms with E-state index in [9.17, 15) is 12.8 Å². The van der Waals surface area contributed by atoms with Crippen LogP contribution in [0.3, 0.4) is 0 Å². The highest BCUT2D eigenvalue weighted by Gasteiger charge is 2.30. The summed E-state index contributed by atoms with van der Waals surface area (Å²) in [5.41, 5.74) is 5.46. The van der Waals surface area contributed by atoms with Crippen molar-refractivity contribution in [1.29, 1.82) is 0 Å². The Bertz CT molecular complexity index is 542. The second-order valence-electron chi connectivity index (χ2n) is 4.65. The molecule has 0 saturated heterocycles. The van der Waals surface area contributed by atoms with E-state index >= 15 is 0 Å². The summed E-state index contributed by atoms with van der Waals surface area (Å²) in [7, 11) is -2.35. The first-order valence-electron chi connectivity index (χ1n) is 6.03. The highest BCUT2D eigenvalue weighted by atomic mass is 32.2. The van der Waals surface area contributed by atoms with Crippen LogP contribution < -0.4 is 10.5 Å². The van der Waals surface area contributed by atoms with Gasteiger partial charge in [0.1, 0.15) is 10.7 Å². The molecule has 0 bridgehead atoms. The Labute approximate surface area is 112 Å². The number of sulfonamides is 1. The number of benzene rings is 1. The smallest absolute Gasteiger partial charge is 0.245 e. The highest BCUT2D eigenvalue weighted by Crippen LogP contribution is 2.26. The number of hydrogen-bond donors (Lipinski definition) is 2. The third-order valence-electron chi connectivity index (χ3n) is 3.31. The van der Waals surface area contributed by atoms with Gasteiger partial charge in [-0.3, -0.25) is 0 Å². The van der Waals surface area contributed by atoms with E-state index in [1.165, 1.54) is 12.1 Å².